The van der Waals surface area contributed by atoms with Gasteiger partial charge in [0.15, 0.2) is 0 Å². The zero-order valence-electron chi connectivity index (χ0n) is 30.8. The molecule has 3 aromatic carbocycles. The SMILES string of the molecule is COC(=O)c1cc(C(=O)OC(C)C)cc(C)c1OC(=O)CCCc1ccc(NC(=O)c2ccc(C)nc2-c2ccc(C(F)(F)F)cc2)c(C(=O)N(C)C)c1. The third kappa shape index (κ3) is 10.1. The van der Waals surface area contributed by atoms with Crippen LogP contribution in [0.2, 0.25) is 0 Å². The van der Waals surface area contributed by atoms with Gasteiger partial charge in [-0.3, -0.25) is 19.4 Å². The molecule has 0 radical (unpaired) electrons. The molecule has 4 aromatic rings. The summed E-state index contributed by atoms with van der Waals surface area (Å²) >= 11 is 0. The third-order valence-corrected chi connectivity index (χ3v) is 8.05. The molecule has 2 amide bonds. The van der Waals surface area contributed by atoms with Crippen molar-refractivity contribution in [2.75, 3.05) is 26.5 Å². The molecule has 0 aliphatic rings. The number of amides is 2. The monoisotopic (exact) mass is 747 g/mol. The third-order valence-electron chi connectivity index (χ3n) is 8.05. The number of esters is 3. The summed E-state index contributed by atoms with van der Waals surface area (Å²) in [6.07, 6.45) is -4.37. The van der Waals surface area contributed by atoms with Crippen LogP contribution in [0.5, 0.6) is 5.75 Å². The van der Waals surface area contributed by atoms with Gasteiger partial charge in [-0.2, -0.15) is 13.2 Å². The molecule has 0 bridgehead atoms. The Kier molecular flexibility index (Phi) is 13.0. The fourth-order valence-corrected chi connectivity index (χ4v) is 5.41. The summed E-state index contributed by atoms with van der Waals surface area (Å²) in [6, 6.07) is 15.0. The van der Waals surface area contributed by atoms with Gasteiger partial charge in [-0.05, 0) is 100 Å². The van der Waals surface area contributed by atoms with Gasteiger partial charge in [0.25, 0.3) is 11.8 Å². The summed E-state index contributed by atoms with van der Waals surface area (Å²) in [6.45, 7) is 6.64. The minimum atomic E-state index is -4.53. The van der Waals surface area contributed by atoms with Crippen LogP contribution in [0.4, 0.5) is 18.9 Å². The Morgan fingerprint density at radius 3 is 2.15 bits per heavy atom. The molecule has 0 spiro atoms. The van der Waals surface area contributed by atoms with Gasteiger partial charge in [-0.1, -0.05) is 18.2 Å². The predicted molar refractivity (Wildman–Crippen MR) is 193 cm³/mol. The first kappa shape index (κ1) is 40.7. The number of benzene rings is 3. The molecule has 284 valence electrons. The maximum Gasteiger partial charge on any atom is 0.416 e. The Morgan fingerprint density at radius 1 is 0.852 bits per heavy atom. The van der Waals surface area contributed by atoms with Gasteiger partial charge in [-0.25, -0.2) is 9.59 Å². The number of rotatable bonds is 12. The Hall–Kier alpha value is -6.05. The van der Waals surface area contributed by atoms with E-state index in [0.29, 0.717) is 28.8 Å². The van der Waals surface area contributed by atoms with Crippen LogP contribution in [0.15, 0.2) is 66.7 Å². The number of hydrogen-bond acceptors (Lipinski definition) is 9. The number of ether oxygens (including phenoxy) is 3. The van der Waals surface area contributed by atoms with Crippen LogP contribution < -0.4 is 10.1 Å². The highest BCUT2D eigenvalue weighted by Crippen LogP contribution is 2.32. The molecule has 1 N–H and O–H groups in total. The van der Waals surface area contributed by atoms with Crippen molar-refractivity contribution in [1.29, 1.82) is 0 Å². The maximum absolute atomic E-state index is 13.6. The molecule has 1 aromatic heterocycles. The Balaban J connectivity index is 1.51. The number of anilines is 1. The number of aryl methyl sites for hydroxylation is 3. The summed E-state index contributed by atoms with van der Waals surface area (Å²) in [4.78, 5) is 70.6. The minimum Gasteiger partial charge on any atom is -0.465 e. The number of carbonyl (C=O) groups is 5. The van der Waals surface area contributed by atoms with Crippen molar-refractivity contribution >= 4 is 35.4 Å². The van der Waals surface area contributed by atoms with Gasteiger partial charge in [0, 0.05) is 31.8 Å². The van der Waals surface area contributed by atoms with Crippen molar-refractivity contribution < 1.29 is 51.4 Å². The highest BCUT2D eigenvalue weighted by atomic mass is 19.4. The van der Waals surface area contributed by atoms with Crippen molar-refractivity contribution in [1.82, 2.24) is 9.88 Å². The van der Waals surface area contributed by atoms with Gasteiger partial charge in [0.2, 0.25) is 0 Å². The fraction of sp³-hybridized carbons (Fsp3) is 0.300. The zero-order chi connectivity index (χ0) is 39.9. The molecule has 14 heteroatoms. The van der Waals surface area contributed by atoms with E-state index in [1.165, 1.54) is 35.2 Å². The predicted octanol–water partition coefficient (Wildman–Crippen LogP) is 7.62. The van der Waals surface area contributed by atoms with Crippen molar-refractivity contribution in [2.45, 2.75) is 59.2 Å². The number of pyridine rings is 1. The molecular weight excluding hydrogens is 707 g/mol. The molecule has 0 aliphatic heterocycles. The topological polar surface area (TPSA) is 141 Å². The fourth-order valence-electron chi connectivity index (χ4n) is 5.41. The Morgan fingerprint density at radius 2 is 1.54 bits per heavy atom. The first-order valence-electron chi connectivity index (χ1n) is 16.8. The highest BCUT2D eigenvalue weighted by molar-refractivity contribution is 6.11. The van der Waals surface area contributed by atoms with Gasteiger partial charge in [0.05, 0.1) is 46.8 Å². The summed E-state index contributed by atoms with van der Waals surface area (Å²) in [5.74, 6) is -3.19. The smallest absolute Gasteiger partial charge is 0.416 e. The van der Waals surface area contributed by atoms with Crippen LogP contribution >= 0.6 is 0 Å². The summed E-state index contributed by atoms with van der Waals surface area (Å²) in [5, 5.41) is 2.75. The number of halogens is 3. The molecule has 4 rings (SSSR count). The van der Waals surface area contributed by atoms with Gasteiger partial charge in [0.1, 0.15) is 11.3 Å². The lowest BCUT2D eigenvalue weighted by Gasteiger charge is -2.17. The molecule has 11 nitrogen and oxygen atoms in total. The largest absolute Gasteiger partial charge is 0.465 e. The minimum absolute atomic E-state index is 0.0443. The van der Waals surface area contributed by atoms with Crippen molar-refractivity contribution in [3.05, 3.63) is 111 Å². The molecule has 0 saturated heterocycles. The van der Waals surface area contributed by atoms with Gasteiger partial charge in [-0.15, -0.1) is 0 Å². The number of hydrogen-bond donors (Lipinski definition) is 1. The van der Waals surface area contributed by atoms with Crippen LogP contribution in [-0.2, 0) is 26.9 Å². The Labute approximate surface area is 310 Å². The normalized spacial score (nSPS) is 11.2. The second-order valence-corrected chi connectivity index (χ2v) is 12.9. The van der Waals surface area contributed by atoms with Gasteiger partial charge >= 0.3 is 24.1 Å². The molecule has 54 heavy (non-hydrogen) atoms. The molecule has 0 aliphatic carbocycles. The van der Waals surface area contributed by atoms with Crippen LogP contribution in [0.1, 0.15) is 90.5 Å². The summed E-state index contributed by atoms with van der Waals surface area (Å²) in [5.41, 5.74) is 1.62. The van der Waals surface area contributed by atoms with E-state index in [9.17, 15) is 37.1 Å². The number of carbonyl (C=O) groups excluding carboxylic acids is 5. The average molecular weight is 748 g/mol. The first-order chi connectivity index (χ1) is 25.4. The van der Waals surface area contributed by atoms with Crippen LogP contribution in [0.25, 0.3) is 11.3 Å². The quantitative estimate of drug-likeness (QED) is 0.114. The molecule has 0 saturated carbocycles. The number of nitrogens with one attached hydrogen (secondary N) is 1. The maximum atomic E-state index is 13.6. The number of nitrogens with zero attached hydrogens (tertiary/aromatic N) is 2. The molecule has 0 fully saturated rings. The van der Waals surface area contributed by atoms with Crippen LogP contribution in [-0.4, -0.2) is 66.9 Å². The van der Waals surface area contributed by atoms with E-state index < -0.39 is 47.6 Å². The standard InChI is InChI=1S/C40H40F3N3O8/c1-22(2)53-38(50)27-19-23(3)35(31(21-27)39(51)52-7)54-33(47)10-8-9-25-12-18-32(30(20-25)37(49)46(5)6)45-36(48)29-17-11-24(4)44-34(29)26-13-15-28(16-14-26)40(41,42)43/h11-22H,8-10H2,1-7H3,(H,45,48). The second-order valence-electron chi connectivity index (χ2n) is 12.9. The van der Waals surface area contributed by atoms with E-state index in [-0.39, 0.29) is 52.2 Å². The first-order valence-corrected chi connectivity index (χ1v) is 16.8. The summed E-state index contributed by atoms with van der Waals surface area (Å²) in [7, 11) is 4.26. The van der Waals surface area contributed by atoms with E-state index in [0.717, 1.165) is 19.2 Å². The number of alkyl halides is 3. The number of methoxy groups -OCH3 is 1. The molecular formula is C40H40F3N3O8. The van der Waals surface area contributed by atoms with Gasteiger partial charge < -0.3 is 24.4 Å². The number of aromatic nitrogens is 1. The highest BCUT2D eigenvalue weighted by Gasteiger charge is 2.30. The van der Waals surface area contributed by atoms with E-state index in [1.54, 1.807) is 66.1 Å². The average Bonchev–Trinajstić information content (AvgIpc) is 3.11. The Bertz CT molecular complexity index is 2080. The van der Waals surface area contributed by atoms with E-state index in [2.05, 4.69) is 10.3 Å². The lowest BCUT2D eigenvalue weighted by molar-refractivity contribution is -0.137. The molecule has 0 atom stereocenters. The molecule has 0 unspecified atom stereocenters. The second kappa shape index (κ2) is 17.2. The van der Waals surface area contributed by atoms with Crippen LogP contribution in [0, 0.1) is 13.8 Å². The lowest BCUT2D eigenvalue weighted by atomic mass is 10.0. The van der Waals surface area contributed by atoms with E-state index in [4.69, 9.17) is 14.2 Å². The molecule has 1 heterocycles. The van der Waals surface area contributed by atoms with Crippen molar-refractivity contribution in [2.24, 2.45) is 0 Å². The lowest BCUT2D eigenvalue weighted by Crippen LogP contribution is -2.24. The summed E-state index contributed by atoms with van der Waals surface area (Å²) < 4.78 is 55.1. The van der Waals surface area contributed by atoms with E-state index in [1.807, 2.05) is 0 Å². The zero-order valence-corrected chi connectivity index (χ0v) is 30.8. The van der Waals surface area contributed by atoms with Crippen LogP contribution in [0.3, 0.4) is 0 Å². The van der Waals surface area contributed by atoms with Crippen molar-refractivity contribution in [3.63, 3.8) is 0 Å². The van der Waals surface area contributed by atoms with Crippen molar-refractivity contribution in [3.8, 4) is 17.0 Å². The van der Waals surface area contributed by atoms with E-state index >= 15 is 0 Å².